The summed E-state index contributed by atoms with van der Waals surface area (Å²) >= 11 is 5.48. The minimum absolute atomic E-state index is 0.585. The van der Waals surface area contributed by atoms with Crippen molar-refractivity contribution in [2.75, 3.05) is 0 Å². The van der Waals surface area contributed by atoms with E-state index in [0.29, 0.717) is 17.6 Å². The molecule has 156 valence electrons. The number of rotatable bonds is 10. The molecule has 0 aliphatic heterocycles. The highest BCUT2D eigenvalue weighted by Gasteiger charge is 2.33. The largest absolute Gasteiger partial charge is 0.353 e. The molecule has 4 heteroatoms. The van der Waals surface area contributed by atoms with Crippen LogP contribution in [0.15, 0.2) is 37.7 Å². The van der Waals surface area contributed by atoms with Crippen LogP contribution in [0.2, 0.25) is 0 Å². The summed E-state index contributed by atoms with van der Waals surface area (Å²) in [6.45, 7) is 17.0. The topological polar surface area (TPSA) is 17.0 Å². The second-order valence-corrected chi connectivity index (χ2v) is 11.9. The minimum Gasteiger partial charge on any atom is -0.353 e. The van der Waals surface area contributed by atoms with Gasteiger partial charge in [-0.2, -0.15) is 0 Å². The maximum absolute atomic E-state index is 5.48. The zero-order valence-electron chi connectivity index (χ0n) is 18.2. The van der Waals surface area contributed by atoms with Crippen LogP contribution in [-0.2, 0) is 0 Å². The average molecular weight is 419 g/mol. The molecule has 0 bridgehead atoms. The summed E-state index contributed by atoms with van der Waals surface area (Å²) in [5.41, 5.74) is 3.79. The summed E-state index contributed by atoms with van der Waals surface area (Å²) in [5.74, 6) is 1.53. The number of nitrogens with zero attached hydrogens (tertiary/aromatic N) is 1. The van der Waals surface area contributed by atoms with E-state index in [1.165, 1.54) is 37.8 Å². The van der Waals surface area contributed by atoms with E-state index in [-0.39, 0.29) is 0 Å². The summed E-state index contributed by atoms with van der Waals surface area (Å²) in [6, 6.07) is 2.73. The third-order valence-corrected chi connectivity index (χ3v) is 10.3. The van der Waals surface area contributed by atoms with E-state index in [1.54, 1.807) is 6.20 Å². The molecule has 1 aromatic rings. The van der Waals surface area contributed by atoms with E-state index in [9.17, 15) is 0 Å². The van der Waals surface area contributed by atoms with Crippen LogP contribution < -0.4 is 5.32 Å². The van der Waals surface area contributed by atoms with Crippen LogP contribution in [0.25, 0.3) is 0 Å². The van der Waals surface area contributed by atoms with Crippen molar-refractivity contribution in [1.29, 1.82) is 0 Å². The lowest BCUT2D eigenvalue weighted by atomic mass is 9.99. The van der Waals surface area contributed by atoms with Crippen LogP contribution >= 0.6 is 19.8 Å². The Bertz CT molecular complexity index is 720. The summed E-state index contributed by atoms with van der Waals surface area (Å²) in [6.07, 6.45) is 17.0. The van der Waals surface area contributed by atoms with Gasteiger partial charge in [0.1, 0.15) is 4.99 Å². The van der Waals surface area contributed by atoms with E-state index in [4.69, 9.17) is 12.2 Å². The minimum atomic E-state index is -0.598. The van der Waals surface area contributed by atoms with Crippen LogP contribution in [0.3, 0.4) is 0 Å². The fourth-order valence-corrected chi connectivity index (χ4v) is 7.28. The van der Waals surface area contributed by atoms with Gasteiger partial charge in [-0.25, -0.2) is 0 Å². The smallest absolute Gasteiger partial charge is 0.112 e. The molecular weight excluding hydrogens is 379 g/mol. The Labute approximate surface area is 178 Å². The number of hydrogen-bond donors (Lipinski definition) is 1. The van der Waals surface area contributed by atoms with Crippen molar-refractivity contribution < 1.29 is 0 Å². The van der Waals surface area contributed by atoms with E-state index in [2.05, 4.69) is 75.4 Å². The Morgan fingerprint density at radius 2 is 2.14 bits per heavy atom. The van der Waals surface area contributed by atoms with Crippen LogP contribution in [0, 0.1) is 18.8 Å². The van der Waals surface area contributed by atoms with E-state index in [1.807, 2.05) is 0 Å². The SMILES string of the molecule is C=CNC(=S)c1ccn(C2CC(CC[C@H](C)[PH](=C)C(C=C)CC)CC2C)c1C. The monoisotopic (exact) mass is 418 g/mol. The van der Waals surface area contributed by atoms with Crippen molar-refractivity contribution >= 4 is 31.1 Å². The van der Waals surface area contributed by atoms with Crippen molar-refractivity contribution in [3.63, 3.8) is 0 Å². The van der Waals surface area contributed by atoms with Gasteiger partial charge in [0.15, 0.2) is 0 Å². The summed E-state index contributed by atoms with van der Waals surface area (Å²) in [5, 5.41) is 3.06. The highest BCUT2D eigenvalue weighted by Crippen LogP contribution is 2.45. The molecule has 1 saturated carbocycles. The lowest BCUT2D eigenvalue weighted by Crippen LogP contribution is -2.18. The van der Waals surface area contributed by atoms with E-state index >= 15 is 0 Å². The van der Waals surface area contributed by atoms with Crippen LogP contribution in [0.1, 0.15) is 70.2 Å². The van der Waals surface area contributed by atoms with Gasteiger partial charge in [-0.15, -0.1) is 20.4 Å². The molecular formula is C24H39N2PS. The Morgan fingerprint density at radius 1 is 1.43 bits per heavy atom. The molecule has 1 heterocycles. The normalized spacial score (nSPS) is 25.1. The standard InChI is InChI=1S/C24H39N2PS/c1-8-21(9-2)27(7)18(5)11-12-20-15-17(4)23(16-20)26-14-13-22(19(26)6)24(28)25-10-3/h8,10,13-14,17-18,20-21,23,27H,1,3,7,9,11-12,15-16H2,2,4-6H3,(H,25,28)/t17?,18-,20?,21?,23?/m0/s1. The number of hydrogen-bond acceptors (Lipinski definition) is 1. The predicted molar refractivity (Wildman–Crippen MR) is 134 cm³/mol. The quantitative estimate of drug-likeness (QED) is 0.263. The number of allylic oxidation sites excluding steroid dienone is 1. The van der Waals surface area contributed by atoms with Crippen LogP contribution in [-0.4, -0.2) is 27.2 Å². The second-order valence-electron chi connectivity index (χ2n) is 8.59. The molecule has 0 amide bonds. The average Bonchev–Trinajstić information content (AvgIpc) is 3.22. The molecule has 2 rings (SSSR count). The predicted octanol–water partition coefficient (Wildman–Crippen LogP) is 6.57. The molecule has 1 aliphatic carbocycles. The van der Waals surface area contributed by atoms with Crippen molar-refractivity contribution in [2.24, 2.45) is 11.8 Å². The van der Waals surface area contributed by atoms with Gasteiger partial charge in [-0.05, 0) is 74.4 Å². The Balaban J connectivity index is 1.98. The molecule has 0 spiro atoms. The second kappa shape index (κ2) is 10.6. The number of aromatic nitrogens is 1. The van der Waals surface area contributed by atoms with Gasteiger partial charge in [0.25, 0.3) is 0 Å². The van der Waals surface area contributed by atoms with Gasteiger partial charge in [-0.1, -0.05) is 45.6 Å². The van der Waals surface area contributed by atoms with Gasteiger partial charge in [0, 0.05) is 23.5 Å². The molecule has 1 N–H and O–H groups in total. The first-order valence-corrected chi connectivity index (χ1v) is 13.0. The summed E-state index contributed by atoms with van der Waals surface area (Å²) in [7, 11) is -0.598. The Morgan fingerprint density at radius 3 is 2.75 bits per heavy atom. The molecule has 2 nitrogen and oxygen atoms in total. The first-order chi connectivity index (χ1) is 13.3. The van der Waals surface area contributed by atoms with Gasteiger partial charge >= 0.3 is 0 Å². The summed E-state index contributed by atoms with van der Waals surface area (Å²) in [4.78, 5) is 0.764. The number of nitrogens with one attached hydrogen (secondary N) is 1. The van der Waals surface area contributed by atoms with Crippen molar-refractivity contribution in [3.05, 3.63) is 49.0 Å². The Kier molecular flexibility index (Phi) is 8.83. The van der Waals surface area contributed by atoms with Gasteiger partial charge in [-0.3, -0.25) is 0 Å². The highest BCUT2D eigenvalue weighted by atomic mass is 32.1. The van der Waals surface area contributed by atoms with Crippen LogP contribution in [0.5, 0.6) is 0 Å². The third-order valence-electron chi connectivity index (χ3n) is 6.79. The molecule has 1 fully saturated rings. The molecule has 5 unspecified atom stereocenters. The van der Waals surface area contributed by atoms with E-state index in [0.717, 1.165) is 22.1 Å². The van der Waals surface area contributed by atoms with Crippen molar-refractivity contribution in [1.82, 2.24) is 9.88 Å². The van der Waals surface area contributed by atoms with Crippen molar-refractivity contribution in [3.8, 4) is 0 Å². The highest BCUT2D eigenvalue weighted by molar-refractivity contribution is 7.80. The van der Waals surface area contributed by atoms with Gasteiger partial charge in [0.05, 0.1) is 0 Å². The first-order valence-electron chi connectivity index (χ1n) is 10.7. The fourth-order valence-electron chi connectivity index (χ4n) is 4.89. The number of thiocarbonyl (C=S) groups is 1. The lowest BCUT2D eigenvalue weighted by molar-refractivity contribution is 0.401. The molecule has 1 aromatic heterocycles. The third kappa shape index (κ3) is 5.30. The van der Waals surface area contributed by atoms with Gasteiger partial charge < -0.3 is 9.88 Å². The molecule has 0 aromatic carbocycles. The maximum atomic E-state index is 5.48. The molecule has 1 aliphatic rings. The van der Waals surface area contributed by atoms with Crippen LogP contribution in [0.4, 0.5) is 0 Å². The molecule has 0 saturated heterocycles. The maximum Gasteiger partial charge on any atom is 0.112 e. The lowest BCUT2D eigenvalue weighted by Gasteiger charge is -2.23. The summed E-state index contributed by atoms with van der Waals surface area (Å²) < 4.78 is 2.46. The molecule has 28 heavy (non-hydrogen) atoms. The Hall–Kier alpha value is -1.05. The molecule has 6 atom stereocenters. The fraction of sp³-hybridized carbons (Fsp3) is 0.583. The zero-order valence-corrected chi connectivity index (χ0v) is 20.0. The first kappa shape index (κ1) is 23.2. The molecule has 0 radical (unpaired) electrons. The van der Waals surface area contributed by atoms with Gasteiger partial charge in [0.2, 0.25) is 0 Å². The van der Waals surface area contributed by atoms with E-state index < -0.39 is 7.55 Å². The zero-order chi connectivity index (χ0) is 20.8. The van der Waals surface area contributed by atoms with Crippen molar-refractivity contribution in [2.45, 2.75) is 77.2 Å².